The van der Waals surface area contributed by atoms with Gasteiger partial charge in [-0.1, -0.05) is 0 Å². The molecule has 3 heterocycles. The Kier molecular flexibility index (Phi) is 3.85. The van der Waals surface area contributed by atoms with Crippen LogP contribution in [-0.2, 0) is 5.54 Å². The summed E-state index contributed by atoms with van der Waals surface area (Å²) in [4.78, 5) is 13.6. The minimum Gasteiger partial charge on any atom is -0.393 e. The number of aliphatic hydroxyl groups excluding tert-OH is 1. The minimum absolute atomic E-state index is 0.00836. The molecule has 0 amide bonds. The van der Waals surface area contributed by atoms with Gasteiger partial charge in [0.15, 0.2) is 6.33 Å². The number of piperidine rings is 1. The van der Waals surface area contributed by atoms with Gasteiger partial charge in [-0.2, -0.15) is 9.78 Å². The first kappa shape index (κ1) is 17.6. The zero-order valence-electron chi connectivity index (χ0n) is 16.6. The zero-order valence-corrected chi connectivity index (χ0v) is 16.6. The smallest absolute Gasteiger partial charge is 0.225 e. The van der Waals surface area contributed by atoms with Gasteiger partial charge >= 0.3 is 0 Å². The van der Waals surface area contributed by atoms with Crippen molar-refractivity contribution in [3.8, 4) is 0 Å². The molecule has 9 nitrogen and oxygen atoms in total. The summed E-state index contributed by atoms with van der Waals surface area (Å²) in [5.74, 6) is 3.06. The number of rotatable bonds is 4. The van der Waals surface area contributed by atoms with E-state index in [1.165, 1.54) is 19.3 Å². The third-order valence-corrected chi connectivity index (χ3v) is 7.61. The molecular weight excluding hydrogens is 368 g/mol. The Hall–Kier alpha value is -2.29. The minimum atomic E-state index is -0.181. The van der Waals surface area contributed by atoms with E-state index >= 15 is 0 Å². The molecule has 0 spiro atoms. The quantitative estimate of drug-likeness (QED) is 0.803. The predicted molar refractivity (Wildman–Crippen MR) is 106 cm³/mol. The lowest BCUT2D eigenvalue weighted by Crippen LogP contribution is -2.63. The Morgan fingerprint density at radius 2 is 1.90 bits per heavy atom. The number of nitrogens with one attached hydrogen (secondary N) is 1. The van der Waals surface area contributed by atoms with E-state index < -0.39 is 0 Å². The number of hydrogen-bond acceptors (Lipinski definition) is 8. The maximum Gasteiger partial charge on any atom is 0.225 e. The fourth-order valence-electron chi connectivity index (χ4n) is 6.90. The van der Waals surface area contributed by atoms with Crippen molar-refractivity contribution in [1.29, 1.82) is 0 Å². The molecule has 5 fully saturated rings. The summed E-state index contributed by atoms with van der Waals surface area (Å²) in [5, 5.41) is 26.3. The third-order valence-electron chi connectivity index (χ3n) is 7.61. The predicted octanol–water partition coefficient (Wildman–Crippen LogP) is 1.58. The van der Waals surface area contributed by atoms with Crippen LogP contribution in [0.2, 0.25) is 0 Å². The average Bonchev–Trinajstić information content (AvgIpc) is 3.23. The first-order valence-corrected chi connectivity index (χ1v) is 10.9. The van der Waals surface area contributed by atoms with E-state index in [2.05, 4.69) is 30.6 Å². The fraction of sp³-hybridized carbons (Fsp3) is 0.750. The van der Waals surface area contributed by atoms with Gasteiger partial charge in [-0.15, -0.1) is 10.2 Å². The fourth-order valence-corrected chi connectivity index (χ4v) is 6.90. The Labute approximate surface area is 169 Å². The summed E-state index contributed by atoms with van der Waals surface area (Å²) in [7, 11) is 0. The number of anilines is 2. The lowest BCUT2D eigenvalue weighted by molar-refractivity contribution is -0.0635. The SMILES string of the molecule is OC1CCN(c2ccnc(NC34CC5CC(C3)CC(n3ncnn3)(C5)C4)n2)CC1. The average molecular weight is 396 g/mol. The topological polar surface area (TPSA) is 105 Å². The molecule has 4 bridgehead atoms. The van der Waals surface area contributed by atoms with Crippen LogP contribution in [0.1, 0.15) is 51.4 Å². The van der Waals surface area contributed by atoms with Crippen LogP contribution in [-0.4, -0.2) is 60.0 Å². The second-order valence-electron chi connectivity index (χ2n) is 9.77. The molecule has 2 aromatic rings. The standard InChI is InChI=1S/C20H28N8O/c29-16-2-5-27(6-3-16)17-1-4-21-18(24-17)25-19-8-14-7-15(9-19)11-20(10-14,12-19)28-23-13-22-26-28/h1,4,13-16,29H,2-3,5-12H2,(H,21,24,25). The number of aromatic nitrogens is 6. The summed E-state index contributed by atoms with van der Waals surface area (Å²) in [6, 6.07) is 1.98. The molecule has 0 radical (unpaired) electrons. The summed E-state index contributed by atoms with van der Waals surface area (Å²) >= 11 is 0. The molecule has 4 aliphatic carbocycles. The highest BCUT2D eigenvalue weighted by molar-refractivity contribution is 5.44. The molecule has 2 aromatic heterocycles. The molecule has 4 saturated carbocycles. The molecule has 29 heavy (non-hydrogen) atoms. The highest BCUT2D eigenvalue weighted by Gasteiger charge is 2.60. The third kappa shape index (κ3) is 2.97. The van der Waals surface area contributed by atoms with E-state index in [4.69, 9.17) is 4.98 Å². The first-order valence-electron chi connectivity index (χ1n) is 10.9. The van der Waals surface area contributed by atoms with Gasteiger partial charge in [0.2, 0.25) is 5.95 Å². The van der Waals surface area contributed by atoms with E-state index in [9.17, 15) is 5.11 Å². The number of nitrogens with zero attached hydrogens (tertiary/aromatic N) is 7. The molecule has 154 valence electrons. The van der Waals surface area contributed by atoms with E-state index in [-0.39, 0.29) is 17.2 Å². The van der Waals surface area contributed by atoms with Crippen molar-refractivity contribution in [2.24, 2.45) is 11.8 Å². The van der Waals surface area contributed by atoms with E-state index in [0.717, 1.165) is 57.0 Å². The maximum absolute atomic E-state index is 9.78. The lowest BCUT2D eigenvalue weighted by Gasteiger charge is -2.61. The van der Waals surface area contributed by atoms with Crippen molar-refractivity contribution in [3.05, 3.63) is 18.6 Å². The normalized spacial score (nSPS) is 36.5. The van der Waals surface area contributed by atoms with Crippen molar-refractivity contribution in [1.82, 2.24) is 30.2 Å². The van der Waals surface area contributed by atoms with Crippen molar-refractivity contribution in [2.75, 3.05) is 23.3 Å². The Morgan fingerprint density at radius 1 is 1.10 bits per heavy atom. The van der Waals surface area contributed by atoms with Gasteiger partial charge in [-0.3, -0.25) is 0 Å². The van der Waals surface area contributed by atoms with Gasteiger partial charge in [0.25, 0.3) is 0 Å². The highest BCUT2D eigenvalue weighted by atomic mass is 16.3. The lowest BCUT2D eigenvalue weighted by atomic mass is 9.50. The molecule has 2 atom stereocenters. The molecule has 7 rings (SSSR count). The van der Waals surface area contributed by atoms with Crippen LogP contribution in [0.5, 0.6) is 0 Å². The second-order valence-corrected chi connectivity index (χ2v) is 9.77. The van der Waals surface area contributed by atoms with Gasteiger partial charge in [0, 0.05) is 24.8 Å². The molecule has 9 heteroatoms. The molecule has 2 unspecified atom stereocenters. The van der Waals surface area contributed by atoms with Crippen LogP contribution in [0.3, 0.4) is 0 Å². The first-order chi connectivity index (χ1) is 14.1. The summed E-state index contributed by atoms with van der Waals surface area (Å²) in [5.41, 5.74) is -0.0113. The highest BCUT2D eigenvalue weighted by Crippen LogP contribution is 2.60. The number of hydrogen-bond donors (Lipinski definition) is 2. The zero-order chi connectivity index (χ0) is 19.5. The molecule has 1 saturated heterocycles. The summed E-state index contributed by atoms with van der Waals surface area (Å²) in [6.45, 7) is 1.68. The largest absolute Gasteiger partial charge is 0.393 e. The molecule has 1 aliphatic heterocycles. The van der Waals surface area contributed by atoms with Crippen LogP contribution in [0, 0.1) is 11.8 Å². The maximum atomic E-state index is 9.78. The summed E-state index contributed by atoms with van der Waals surface area (Å²) < 4.78 is 0. The van der Waals surface area contributed by atoms with Gasteiger partial charge < -0.3 is 15.3 Å². The van der Waals surface area contributed by atoms with Crippen molar-refractivity contribution >= 4 is 11.8 Å². The van der Waals surface area contributed by atoms with Crippen LogP contribution in [0.4, 0.5) is 11.8 Å². The van der Waals surface area contributed by atoms with Crippen molar-refractivity contribution in [2.45, 2.75) is 68.5 Å². The van der Waals surface area contributed by atoms with E-state index in [0.29, 0.717) is 11.8 Å². The van der Waals surface area contributed by atoms with Crippen LogP contribution >= 0.6 is 0 Å². The van der Waals surface area contributed by atoms with Crippen LogP contribution < -0.4 is 10.2 Å². The van der Waals surface area contributed by atoms with Crippen LogP contribution in [0.15, 0.2) is 18.6 Å². The van der Waals surface area contributed by atoms with E-state index in [1.807, 2.05) is 17.1 Å². The van der Waals surface area contributed by atoms with Gasteiger partial charge in [-0.25, -0.2) is 4.98 Å². The Bertz CT molecular complexity index is 864. The number of aliphatic hydroxyl groups is 1. The van der Waals surface area contributed by atoms with Gasteiger partial charge in [-0.05, 0) is 74.5 Å². The second kappa shape index (κ2) is 6.35. The summed E-state index contributed by atoms with van der Waals surface area (Å²) in [6.07, 6.45) is 11.8. The molecule has 5 aliphatic rings. The molecular formula is C20H28N8O. The van der Waals surface area contributed by atoms with Gasteiger partial charge in [0.1, 0.15) is 5.82 Å². The van der Waals surface area contributed by atoms with Crippen molar-refractivity contribution < 1.29 is 5.11 Å². The number of tetrazole rings is 1. The van der Waals surface area contributed by atoms with Crippen LogP contribution in [0.25, 0.3) is 0 Å². The molecule has 2 N–H and O–H groups in total. The Morgan fingerprint density at radius 3 is 2.62 bits per heavy atom. The van der Waals surface area contributed by atoms with E-state index in [1.54, 1.807) is 6.33 Å². The van der Waals surface area contributed by atoms with Crippen molar-refractivity contribution in [3.63, 3.8) is 0 Å². The molecule has 0 aromatic carbocycles. The van der Waals surface area contributed by atoms with Gasteiger partial charge in [0.05, 0.1) is 11.6 Å². The monoisotopic (exact) mass is 396 g/mol. The Balaban J connectivity index is 1.26.